The van der Waals surface area contributed by atoms with Crippen molar-refractivity contribution >= 4 is 38.4 Å². The highest BCUT2D eigenvalue weighted by molar-refractivity contribution is 7.93. The van der Waals surface area contributed by atoms with E-state index in [0.717, 1.165) is 0 Å². The fraction of sp³-hybridized carbons (Fsp3) is 0.350. The largest absolute Gasteiger partial charge is 0.386 e. The summed E-state index contributed by atoms with van der Waals surface area (Å²) in [6, 6.07) is 6.10. The molecule has 1 atom stereocenters. The van der Waals surface area contributed by atoms with Crippen molar-refractivity contribution in [2.24, 2.45) is 10.7 Å². The number of aliphatic imine (C=N–C) groups is 1. The number of amidine groups is 1. The highest BCUT2D eigenvalue weighted by Gasteiger charge is 2.49. The van der Waals surface area contributed by atoms with Crippen molar-refractivity contribution < 1.29 is 17.3 Å². The highest BCUT2D eigenvalue weighted by atomic mass is 35.5. The monoisotopic (exact) mass is 450 g/mol. The molecule has 3 aromatic rings. The second-order valence-electron chi connectivity index (χ2n) is 8.16. The van der Waals surface area contributed by atoms with Crippen LogP contribution in [0.5, 0.6) is 0 Å². The lowest BCUT2D eigenvalue weighted by atomic mass is 9.91. The summed E-state index contributed by atoms with van der Waals surface area (Å²) in [6.45, 7) is 4.58. The summed E-state index contributed by atoms with van der Waals surface area (Å²) in [4.78, 5) is 8.65. The molecule has 0 fully saturated rings. The molecule has 3 heterocycles. The van der Waals surface area contributed by atoms with E-state index in [1.807, 2.05) is 0 Å². The first-order valence-electron chi connectivity index (χ1n) is 9.20. The Morgan fingerprint density at radius 1 is 1.27 bits per heavy atom. The lowest BCUT2D eigenvalue weighted by molar-refractivity contribution is 0.448. The normalized spacial score (nSPS) is 22.8. The summed E-state index contributed by atoms with van der Waals surface area (Å²) in [6.07, 6.45) is 1.80. The van der Waals surface area contributed by atoms with Crippen molar-refractivity contribution in [3.05, 3.63) is 58.1 Å². The Morgan fingerprint density at radius 3 is 2.70 bits per heavy atom. The molecule has 2 N–H and O–H groups in total. The summed E-state index contributed by atoms with van der Waals surface area (Å²) in [5, 5.41) is 4.46. The average Bonchev–Trinajstić information content (AvgIpc) is 3.03. The maximum absolute atomic E-state index is 14.8. The van der Waals surface area contributed by atoms with Crippen LogP contribution in [0.3, 0.4) is 0 Å². The van der Waals surface area contributed by atoms with Crippen LogP contribution in [0.1, 0.15) is 37.6 Å². The quantitative estimate of drug-likeness (QED) is 0.654. The molecule has 30 heavy (non-hydrogen) atoms. The first kappa shape index (κ1) is 20.7. The van der Waals surface area contributed by atoms with Gasteiger partial charge in [-0.25, -0.2) is 17.8 Å². The second-order valence-corrected chi connectivity index (χ2v) is 11.1. The number of aromatic nitrogens is 2. The van der Waals surface area contributed by atoms with Crippen molar-refractivity contribution in [1.29, 1.82) is 0 Å². The van der Waals surface area contributed by atoms with E-state index in [1.165, 1.54) is 26.1 Å². The number of sulfone groups is 1. The Balaban J connectivity index is 1.76. The zero-order chi connectivity index (χ0) is 21.9. The molecule has 0 unspecified atom stereocenters. The molecule has 0 radical (unpaired) electrons. The van der Waals surface area contributed by atoms with Crippen molar-refractivity contribution in [2.45, 2.75) is 37.5 Å². The predicted molar refractivity (Wildman–Crippen MR) is 113 cm³/mol. The molecule has 0 aliphatic carbocycles. The van der Waals surface area contributed by atoms with Crippen LogP contribution in [0.15, 0.2) is 40.0 Å². The SMILES string of the molecule is CC1(C)C(N)=N[C@](C)(c2cc(Cc3noc4cc(Cl)cnc34)ccc2F)CS1(=O)=O. The number of nitrogens with zero attached hydrogens (tertiary/aromatic N) is 3. The van der Waals surface area contributed by atoms with Crippen LogP contribution < -0.4 is 5.73 Å². The van der Waals surface area contributed by atoms with E-state index in [0.29, 0.717) is 33.8 Å². The van der Waals surface area contributed by atoms with Crippen LogP contribution in [0, 0.1) is 5.82 Å². The molecule has 0 amide bonds. The van der Waals surface area contributed by atoms with Crippen LogP contribution in [0.25, 0.3) is 11.1 Å². The van der Waals surface area contributed by atoms with E-state index in [1.54, 1.807) is 25.1 Å². The van der Waals surface area contributed by atoms with E-state index in [2.05, 4.69) is 15.1 Å². The molecule has 4 rings (SSSR count). The van der Waals surface area contributed by atoms with Gasteiger partial charge in [-0.05, 0) is 32.4 Å². The molecule has 1 aliphatic rings. The number of benzene rings is 1. The van der Waals surface area contributed by atoms with Gasteiger partial charge in [-0.2, -0.15) is 0 Å². The number of nitrogens with two attached hydrogens (primary N) is 1. The van der Waals surface area contributed by atoms with Crippen molar-refractivity contribution in [2.75, 3.05) is 5.75 Å². The standard InChI is InChI=1S/C20H20ClFN4O3S/c1-19(2)18(23)25-20(3,10-30(19,27)28)13-6-11(4-5-14(13)22)7-15-17-16(29-26-15)8-12(21)9-24-17/h4-6,8-9H,7,10H2,1-3H3,(H2,23,25)/t20-/m0/s1. The Kier molecular flexibility index (Phi) is 4.66. The Hall–Kier alpha value is -2.52. The molecule has 0 saturated heterocycles. The Bertz CT molecular complexity index is 1300. The lowest BCUT2D eigenvalue weighted by Crippen LogP contribution is -2.55. The zero-order valence-corrected chi connectivity index (χ0v) is 18.2. The molecule has 0 saturated carbocycles. The van der Waals surface area contributed by atoms with Gasteiger partial charge in [-0.3, -0.25) is 4.99 Å². The van der Waals surface area contributed by atoms with Gasteiger partial charge >= 0.3 is 0 Å². The number of hydrogen-bond donors (Lipinski definition) is 1. The van der Waals surface area contributed by atoms with E-state index in [-0.39, 0.29) is 17.2 Å². The number of halogens is 2. The minimum absolute atomic E-state index is 0.0374. The highest BCUT2D eigenvalue weighted by Crippen LogP contribution is 2.38. The molecule has 7 nitrogen and oxygen atoms in total. The van der Waals surface area contributed by atoms with Crippen molar-refractivity contribution in [3.8, 4) is 0 Å². The van der Waals surface area contributed by atoms with Crippen molar-refractivity contribution in [3.63, 3.8) is 0 Å². The van der Waals surface area contributed by atoms with Gasteiger partial charge in [0.15, 0.2) is 15.4 Å². The number of hydrogen-bond acceptors (Lipinski definition) is 7. The average molecular weight is 451 g/mol. The first-order chi connectivity index (χ1) is 13.9. The molecule has 0 bridgehead atoms. The summed E-state index contributed by atoms with van der Waals surface area (Å²) in [5.41, 5.74) is 7.07. The van der Waals surface area contributed by atoms with Gasteiger partial charge in [-0.15, -0.1) is 0 Å². The van der Waals surface area contributed by atoms with Gasteiger partial charge in [0.1, 0.15) is 33.1 Å². The van der Waals surface area contributed by atoms with Gasteiger partial charge in [0.05, 0.1) is 10.8 Å². The lowest BCUT2D eigenvalue weighted by Gasteiger charge is -2.38. The van der Waals surface area contributed by atoms with E-state index in [4.69, 9.17) is 21.9 Å². The van der Waals surface area contributed by atoms with E-state index in [9.17, 15) is 12.8 Å². The molecule has 158 valence electrons. The molecule has 1 aromatic carbocycles. The molecule has 2 aromatic heterocycles. The maximum atomic E-state index is 14.8. The smallest absolute Gasteiger partial charge is 0.187 e. The molecule has 1 aliphatic heterocycles. The third-order valence-electron chi connectivity index (χ3n) is 5.56. The summed E-state index contributed by atoms with van der Waals surface area (Å²) < 4.78 is 44.4. The maximum Gasteiger partial charge on any atom is 0.187 e. The molecule has 0 spiro atoms. The summed E-state index contributed by atoms with van der Waals surface area (Å²) >= 11 is 5.92. The Morgan fingerprint density at radius 2 is 2.00 bits per heavy atom. The third-order valence-corrected chi connectivity index (χ3v) is 8.48. The number of fused-ring (bicyclic) bond motifs is 1. The van der Waals surface area contributed by atoms with E-state index >= 15 is 0 Å². The van der Waals surface area contributed by atoms with Crippen LogP contribution in [-0.4, -0.2) is 34.9 Å². The van der Waals surface area contributed by atoms with Gasteiger partial charge in [0, 0.05) is 24.2 Å². The zero-order valence-electron chi connectivity index (χ0n) is 16.6. The van der Waals surface area contributed by atoms with E-state index < -0.39 is 25.9 Å². The fourth-order valence-corrected chi connectivity index (χ4v) is 5.37. The second kappa shape index (κ2) is 6.75. The van der Waals surface area contributed by atoms with Gasteiger partial charge in [-0.1, -0.05) is 28.9 Å². The third kappa shape index (κ3) is 3.26. The van der Waals surface area contributed by atoms with Crippen LogP contribution in [-0.2, 0) is 21.8 Å². The molecular weight excluding hydrogens is 431 g/mol. The molecular formula is C20H20ClFN4O3S. The number of rotatable bonds is 3. The van der Waals surface area contributed by atoms with Crippen LogP contribution >= 0.6 is 11.6 Å². The predicted octanol–water partition coefficient (Wildman–Crippen LogP) is 3.39. The fourth-order valence-electron chi connectivity index (χ4n) is 3.54. The van der Waals surface area contributed by atoms with Crippen LogP contribution in [0.2, 0.25) is 5.02 Å². The minimum atomic E-state index is -3.65. The topological polar surface area (TPSA) is 111 Å². The minimum Gasteiger partial charge on any atom is -0.386 e. The number of pyridine rings is 1. The summed E-state index contributed by atoms with van der Waals surface area (Å²) in [5.74, 6) is -0.937. The van der Waals surface area contributed by atoms with Crippen molar-refractivity contribution in [1.82, 2.24) is 10.1 Å². The van der Waals surface area contributed by atoms with Gasteiger partial charge in [0.25, 0.3) is 0 Å². The first-order valence-corrected chi connectivity index (χ1v) is 11.2. The summed E-state index contributed by atoms with van der Waals surface area (Å²) in [7, 11) is -3.65. The van der Waals surface area contributed by atoms with Gasteiger partial charge in [0.2, 0.25) is 0 Å². The van der Waals surface area contributed by atoms with Gasteiger partial charge < -0.3 is 10.3 Å². The molecule has 10 heteroatoms. The van der Waals surface area contributed by atoms with Crippen LogP contribution in [0.4, 0.5) is 4.39 Å². The Labute approximate surface area is 178 Å².